The van der Waals surface area contributed by atoms with Crippen LogP contribution in [-0.4, -0.2) is 42.5 Å². The summed E-state index contributed by atoms with van der Waals surface area (Å²) in [7, 11) is 3.88. The number of amides is 1. The van der Waals surface area contributed by atoms with Gasteiger partial charge in [0.2, 0.25) is 5.78 Å². The Morgan fingerprint density at radius 3 is 2.29 bits per heavy atom. The highest BCUT2D eigenvalue weighted by Gasteiger charge is 2.45. The van der Waals surface area contributed by atoms with E-state index in [1.807, 2.05) is 57.1 Å². The number of carbonyl (C=O) groups excluding carboxylic acids is 2. The number of Topliss-reactive ketones (excluding diaryl/α,β-unsaturated/α-hetero) is 1. The van der Waals surface area contributed by atoms with Gasteiger partial charge in [0.1, 0.15) is 5.75 Å². The fourth-order valence-electron chi connectivity index (χ4n) is 4.11. The van der Waals surface area contributed by atoms with E-state index < -0.39 is 17.7 Å². The molecule has 2 aromatic carbocycles. The molecule has 0 radical (unpaired) electrons. The van der Waals surface area contributed by atoms with E-state index in [1.165, 1.54) is 16.2 Å². The van der Waals surface area contributed by atoms with Crippen LogP contribution >= 0.6 is 11.3 Å². The van der Waals surface area contributed by atoms with Gasteiger partial charge in [-0.25, -0.2) is 4.98 Å². The monoisotopic (exact) mass is 477 g/mol. The lowest BCUT2D eigenvalue weighted by Gasteiger charge is -2.27. The first-order valence-corrected chi connectivity index (χ1v) is 11.8. The minimum absolute atomic E-state index is 0.0586. The summed E-state index contributed by atoms with van der Waals surface area (Å²) in [6, 6.07) is 13.9. The van der Waals surface area contributed by atoms with Crippen LogP contribution in [0.2, 0.25) is 0 Å². The Morgan fingerprint density at radius 2 is 1.76 bits per heavy atom. The topological polar surface area (TPSA) is 83.0 Å². The predicted octanol–water partition coefficient (Wildman–Crippen LogP) is 5.01. The SMILES string of the molecule is CCOc1ccc(N2C(=O)C(O)=C(C(=O)c3sc(C)nc3C)C2c2ccc(N(C)C)cc2)cc1. The molecule has 8 heteroatoms. The highest BCUT2D eigenvalue weighted by molar-refractivity contribution is 7.14. The molecule has 1 aliphatic heterocycles. The Kier molecular flexibility index (Phi) is 6.43. The van der Waals surface area contributed by atoms with Gasteiger partial charge in [0.05, 0.1) is 33.8 Å². The first kappa shape index (κ1) is 23.5. The molecule has 0 aliphatic carbocycles. The highest BCUT2D eigenvalue weighted by Crippen LogP contribution is 2.43. The Balaban J connectivity index is 1.84. The van der Waals surface area contributed by atoms with Gasteiger partial charge in [0, 0.05) is 25.5 Å². The summed E-state index contributed by atoms with van der Waals surface area (Å²) in [5.74, 6) is -0.864. The van der Waals surface area contributed by atoms with Gasteiger partial charge in [-0.1, -0.05) is 12.1 Å². The Morgan fingerprint density at radius 1 is 1.12 bits per heavy atom. The number of aliphatic hydroxyl groups excluding tert-OH is 1. The second kappa shape index (κ2) is 9.30. The summed E-state index contributed by atoms with van der Waals surface area (Å²) in [6.07, 6.45) is 0. The summed E-state index contributed by atoms with van der Waals surface area (Å²) >= 11 is 1.26. The number of ether oxygens (including phenoxy) is 1. The quantitative estimate of drug-likeness (QED) is 0.482. The lowest BCUT2D eigenvalue weighted by atomic mass is 9.94. The number of aryl methyl sites for hydroxylation is 2. The van der Waals surface area contributed by atoms with E-state index in [4.69, 9.17) is 4.74 Å². The molecule has 7 nitrogen and oxygen atoms in total. The van der Waals surface area contributed by atoms with Gasteiger partial charge in [0.25, 0.3) is 5.91 Å². The van der Waals surface area contributed by atoms with Crippen LogP contribution in [0.4, 0.5) is 11.4 Å². The number of nitrogens with zero attached hydrogens (tertiary/aromatic N) is 3. The van der Waals surface area contributed by atoms with E-state index in [0.29, 0.717) is 28.6 Å². The van der Waals surface area contributed by atoms with E-state index in [9.17, 15) is 14.7 Å². The molecule has 1 aromatic heterocycles. The third-order valence-corrected chi connectivity index (χ3v) is 6.79. The highest BCUT2D eigenvalue weighted by atomic mass is 32.1. The lowest BCUT2D eigenvalue weighted by Crippen LogP contribution is -2.31. The van der Waals surface area contributed by atoms with Crippen LogP contribution < -0.4 is 14.5 Å². The maximum atomic E-state index is 13.7. The second-order valence-electron chi connectivity index (χ2n) is 8.23. The van der Waals surface area contributed by atoms with Crippen molar-refractivity contribution in [3.05, 3.63) is 81.0 Å². The number of ketones is 1. The fourth-order valence-corrected chi connectivity index (χ4v) is 4.98. The predicted molar refractivity (Wildman–Crippen MR) is 134 cm³/mol. The van der Waals surface area contributed by atoms with Crippen LogP contribution in [-0.2, 0) is 4.79 Å². The maximum Gasteiger partial charge on any atom is 0.294 e. The summed E-state index contributed by atoms with van der Waals surface area (Å²) < 4.78 is 5.52. The molecule has 0 bridgehead atoms. The van der Waals surface area contributed by atoms with Gasteiger partial charge in [-0.3, -0.25) is 14.5 Å². The normalized spacial score (nSPS) is 15.7. The number of benzene rings is 2. The van der Waals surface area contributed by atoms with Gasteiger partial charge in [0.15, 0.2) is 5.76 Å². The molecule has 0 fully saturated rings. The summed E-state index contributed by atoms with van der Waals surface area (Å²) in [5.41, 5.74) is 2.90. The van der Waals surface area contributed by atoms with E-state index in [0.717, 1.165) is 16.3 Å². The molecule has 0 spiro atoms. The van der Waals surface area contributed by atoms with Gasteiger partial charge in [-0.15, -0.1) is 11.3 Å². The lowest BCUT2D eigenvalue weighted by molar-refractivity contribution is -0.117. The molecule has 4 rings (SSSR count). The van der Waals surface area contributed by atoms with Crippen LogP contribution in [0.15, 0.2) is 59.9 Å². The molecule has 2 heterocycles. The smallest absolute Gasteiger partial charge is 0.294 e. The van der Waals surface area contributed by atoms with Gasteiger partial charge in [-0.2, -0.15) is 0 Å². The number of hydrogen-bond donors (Lipinski definition) is 1. The van der Waals surface area contributed by atoms with E-state index in [1.54, 1.807) is 31.2 Å². The van der Waals surface area contributed by atoms with Crippen molar-refractivity contribution in [1.29, 1.82) is 0 Å². The van der Waals surface area contributed by atoms with Crippen LogP contribution in [0.1, 0.15) is 38.9 Å². The van der Waals surface area contributed by atoms with Crippen molar-refractivity contribution < 1.29 is 19.4 Å². The maximum absolute atomic E-state index is 13.7. The molecule has 0 saturated carbocycles. The largest absolute Gasteiger partial charge is 0.503 e. The van der Waals surface area contributed by atoms with Crippen molar-refractivity contribution in [1.82, 2.24) is 4.98 Å². The van der Waals surface area contributed by atoms with E-state index in [2.05, 4.69) is 4.98 Å². The minimum atomic E-state index is -0.782. The third kappa shape index (κ3) is 4.17. The third-order valence-electron chi connectivity index (χ3n) is 5.71. The molecular weight excluding hydrogens is 450 g/mol. The van der Waals surface area contributed by atoms with Crippen molar-refractivity contribution in [3.8, 4) is 5.75 Å². The van der Waals surface area contributed by atoms with Crippen molar-refractivity contribution in [3.63, 3.8) is 0 Å². The molecule has 1 aliphatic rings. The first-order valence-electron chi connectivity index (χ1n) is 11.0. The number of rotatable bonds is 7. The van der Waals surface area contributed by atoms with Gasteiger partial charge < -0.3 is 14.7 Å². The number of carbonyl (C=O) groups is 2. The molecule has 0 saturated heterocycles. The minimum Gasteiger partial charge on any atom is -0.503 e. The van der Waals surface area contributed by atoms with Crippen molar-refractivity contribution in [2.45, 2.75) is 26.8 Å². The summed E-state index contributed by atoms with van der Waals surface area (Å²) in [6.45, 7) is 6.01. The molecule has 34 heavy (non-hydrogen) atoms. The van der Waals surface area contributed by atoms with Gasteiger partial charge in [-0.05, 0) is 62.7 Å². The average Bonchev–Trinajstić information content (AvgIpc) is 3.29. The van der Waals surface area contributed by atoms with Gasteiger partial charge >= 0.3 is 0 Å². The Labute approximate surface area is 202 Å². The van der Waals surface area contributed by atoms with E-state index >= 15 is 0 Å². The number of thiazole rings is 1. The number of anilines is 2. The standard InChI is InChI=1S/C26H27N3O4S/c1-6-33-20-13-11-19(12-14-20)29-22(17-7-9-18(10-8-17)28(4)5)21(24(31)26(29)32)23(30)25-15(2)27-16(3)34-25/h7-14,22,31H,6H2,1-5H3. The van der Waals surface area contributed by atoms with Crippen LogP contribution in [0.5, 0.6) is 5.75 Å². The summed E-state index contributed by atoms with van der Waals surface area (Å²) in [4.78, 5) is 35.2. The first-order chi connectivity index (χ1) is 16.2. The van der Waals surface area contributed by atoms with Crippen LogP contribution in [0.3, 0.4) is 0 Å². The number of hydrogen-bond acceptors (Lipinski definition) is 7. The molecule has 1 N–H and O–H groups in total. The Hall–Kier alpha value is -3.65. The Bertz CT molecular complexity index is 1260. The van der Waals surface area contributed by atoms with Crippen LogP contribution in [0.25, 0.3) is 0 Å². The fraction of sp³-hybridized carbons (Fsp3) is 0.269. The van der Waals surface area contributed by atoms with Crippen molar-refractivity contribution in [2.75, 3.05) is 30.5 Å². The zero-order valence-corrected chi connectivity index (χ0v) is 20.6. The average molecular weight is 478 g/mol. The van der Waals surface area contributed by atoms with Crippen molar-refractivity contribution in [2.24, 2.45) is 0 Å². The summed E-state index contributed by atoms with van der Waals surface area (Å²) in [5, 5.41) is 11.7. The second-order valence-corrected chi connectivity index (χ2v) is 9.43. The number of aromatic nitrogens is 1. The van der Waals surface area contributed by atoms with E-state index in [-0.39, 0.29) is 11.4 Å². The molecule has 176 valence electrons. The zero-order valence-electron chi connectivity index (χ0n) is 19.8. The zero-order chi connectivity index (χ0) is 24.6. The number of aliphatic hydroxyl groups is 1. The molecular formula is C26H27N3O4S. The molecule has 3 aromatic rings. The van der Waals surface area contributed by atoms with Crippen LogP contribution in [0, 0.1) is 13.8 Å². The molecule has 1 amide bonds. The van der Waals surface area contributed by atoms with Crippen molar-refractivity contribution >= 4 is 34.4 Å². The molecule has 1 unspecified atom stereocenters. The molecule has 1 atom stereocenters.